The Bertz CT molecular complexity index is 578. The summed E-state index contributed by atoms with van der Waals surface area (Å²) >= 11 is 1.91. The largest absolute Gasteiger partial charge is 0.375 e. The normalized spacial score (nSPS) is 10.1. The van der Waals surface area contributed by atoms with Gasteiger partial charge in [0.25, 0.3) is 5.91 Å². The molecule has 0 radical (unpaired) electrons. The van der Waals surface area contributed by atoms with Crippen LogP contribution in [0.1, 0.15) is 10.5 Å². The zero-order valence-electron chi connectivity index (χ0n) is 8.11. The number of nitrogen functional groups attached to an aromatic ring is 1. The van der Waals surface area contributed by atoms with Crippen molar-refractivity contribution in [2.24, 2.45) is 0 Å². The van der Waals surface area contributed by atoms with Gasteiger partial charge in [-0.3, -0.25) is 20.2 Å². The summed E-state index contributed by atoms with van der Waals surface area (Å²) in [5.74, 6) is -0.498. The van der Waals surface area contributed by atoms with E-state index in [1.54, 1.807) is 0 Å². The van der Waals surface area contributed by atoms with Gasteiger partial charge in [-0.2, -0.15) is 0 Å². The first kappa shape index (κ1) is 11.4. The van der Waals surface area contributed by atoms with Gasteiger partial charge in [-0.15, -0.1) is 11.3 Å². The van der Waals surface area contributed by atoms with E-state index in [0.29, 0.717) is 0 Å². The van der Waals surface area contributed by atoms with Gasteiger partial charge in [0.15, 0.2) is 10.3 Å². The molecule has 0 bridgehead atoms. The van der Waals surface area contributed by atoms with Gasteiger partial charge < -0.3 is 5.73 Å². The fraction of sp³-hybridized carbons (Fsp3) is 0. The summed E-state index contributed by atoms with van der Waals surface area (Å²) in [4.78, 5) is 28.9. The lowest BCUT2D eigenvalue weighted by Gasteiger charge is -1.95. The van der Waals surface area contributed by atoms with Crippen LogP contribution >= 0.6 is 22.7 Å². The molecule has 2 heterocycles. The van der Waals surface area contributed by atoms with Crippen molar-refractivity contribution in [1.82, 2.24) is 9.97 Å². The van der Waals surface area contributed by atoms with Gasteiger partial charge >= 0.3 is 5.00 Å². The summed E-state index contributed by atoms with van der Waals surface area (Å²) in [5, 5.41) is 14.6. The average Bonchev–Trinajstić information content (AvgIpc) is 2.86. The smallest absolute Gasteiger partial charge is 0.345 e. The summed E-state index contributed by atoms with van der Waals surface area (Å²) in [5.41, 5.74) is 5.54. The van der Waals surface area contributed by atoms with Crippen LogP contribution in [0.25, 0.3) is 0 Å². The molecule has 17 heavy (non-hydrogen) atoms. The Labute approximate surface area is 102 Å². The fourth-order valence-electron chi connectivity index (χ4n) is 0.961. The van der Waals surface area contributed by atoms with Gasteiger partial charge in [-0.05, 0) is 11.3 Å². The molecule has 2 aromatic heterocycles. The Morgan fingerprint density at radius 3 is 2.88 bits per heavy atom. The fourth-order valence-corrected chi connectivity index (χ4v) is 2.13. The van der Waals surface area contributed by atoms with Crippen LogP contribution in [0.5, 0.6) is 0 Å². The third-order valence-corrected chi connectivity index (χ3v) is 3.19. The second-order valence-corrected chi connectivity index (χ2v) is 4.68. The Hall–Kier alpha value is -2.07. The van der Waals surface area contributed by atoms with Crippen molar-refractivity contribution in [3.05, 3.63) is 27.4 Å². The Morgan fingerprint density at radius 1 is 1.59 bits per heavy atom. The topological polar surface area (TPSA) is 124 Å². The first-order valence-corrected chi connectivity index (χ1v) is 5.88. The van der Waals surface area contributed by atoms with Gasteiger partial charge in [0, 0.05) is 5.38 Å². The third-order valence-electron chi connectivity index (χ3n) is 1.65. The van der Waals surface area contributed by atoms with E-state index in [9.17, 15) is 14.9 Å². The molecule has 1 amide bonds. The number of anilines is 2. The minimum absolute atomic E-state index is 0.141. The van der Waals surface area contributed by atoms with Gasteiger partial charge in [-0.25, -0.2) is 9.97 Å². The second kappa shape index (κ2) is 4.43. The quantitative estimate of drug-likeness (QED) is 0.641. The zero-order valence-corrected chi connectivity index (χ0v) is 9.75. The number of hydrogen-bond donors (Lipinski definition) is 2. The molecular weight excluding hydrogens is 266 g/mol. The van der Waals surface area contributed by atoms with Crippen LogP contribution in [0.15, 0.2) is 11.6 Å². The minimum Gasteiger partial charge on any atom is -0.375 e. The predicted molar refractivity (Wildman–Crippen MR) is 63.2 cm³/mol. The Balaban J connectivity index is 2.10. The highest BCUT2D eigenvalue weighted by molar-refractivity contribution is 7.18. The molecule has 0 saturated heterocycles. The number of hydrogen-bond acceptors (Lipinski definition) is 8. The van der Waals surface area contributed by atoms with Gasteiger partial charge in [0.1, 0.15) is 11.9 Å². The van der Waals surface area contributed by atoms with Crippen molar-refractivity contribution in [2.75, 3.05) is 11.1 Å². The second-order valence-electron chi connectivity index (χ2n) is 2.79. The number of carbonyl (C=O) groups excluding carboxylic acids is 1. The molecular formula is C7H5N5O3S2. The summed E-state index contributed by atoms with van der Waals surface area (Å²) in [7, 11) is 0. The molecule has 0 aromatic carbocycles. The lowest BCUT2D eigenvalue weighted by Crippen LogP contribution is -2.12. The SMILES string of the molecule is Nc1nc(C(=O)Nc2ncc([N+](=O)[O-])s2)cs1. The van der Waals surface area contributed by atoms with Crippen molar-refractivity contribution >= 4 is 43.8 Å². The maximum Gasteiger partial charge on any atom is 0.345 e. The molecule has 0 saturated carbocycles. The van der Waals surface area contributed by atoms with Crippen molar-refractivity contribution < 1.29 is 9.72 Å². The summed E-state index contributed by atoms with van der Waals surface area (Å²) in [6.45, 7) is 0. The molecule has 2 aromatic rings. The van der Waals surface area contributed by atoms with Crippen LogP contribution in [0.2, 0.25) is 0 Å². The van der Waals surface area contributed by atoms with E-state index in [2.05, 4.69) is 15.3 Å². The molecule has 0 spiro atoms. The van der Waals surface area contributed by atoms with Gasteiger partial charge in [0.2, 0.25) is 0 Å². The number of rotatable bonds is 3. The van der Waals surface area contributed by atoms with E-state index in [-0.39, 0.29) is 21.0 Å². The number of nitrogens with zero attached hydrogens (tertiary/aromatic N) is 3. The lowest BCUT2D eigenvalue weighted by atomic mass is 10.5. The van der Waals surface area contributed by atoms with E-state index < -0.39 is 10.8 Å². The van der Waals surface area contributed by atoms with E-state index >= 15 is 0 Å². The summed E-state index contributed by atoms with van der Waals surface area (Å²) in [6, 6.07) is 0. The first-order valence-electron chi connectivity index (χ1n) is 4.19. The monoisotopic (exact) mass is 271 g/mol. The molecule has 10 heteroatoms. The van der Waals surface area contributed by atoms with Crippen LogP contribution in [0.4, 0.5) is 15.3 Å². The van der Waals surface area contributed by atoms with Crippen molar-refractivity contribution in [1.29, 1.82) is 0 Å². The number of carbonyl (C=O) groups is 1. The molecule has 3 N–H and O–H groups in total. The molecule has 0 fully saturated rings. The van der Waals surface area contributed by atoms with Crippen molar-refractivity contribution in [2.45, 2.75) is 0 Å². The molecule has 0 aliphatic carbocycles. The van der Waals surface area contributed by atoms with E-state index in [4.69, 9.17) is 5.73 Å². The number of aromatic nitrogens is 2. The van der Waals surface area contributed by atoms with Crippen LogP contribution in [0.3, 0.4) is 0 Å². The van der Waals surface area contributed by atoms with Crippen LogP contribution in [-0.2, 0) is 0 Å². The molecule has 0 aliphatic rings. The maximum atomic E-state index is 11.6. The summed E-state index contributed by atoms with van der Waals surface area (Å²) in [6.07, 6.45) is 1.08. The molecule has 0 aliphatic heterocycles. The van der Waals surface area contributed by atoms with Crippen LogP contribution in [0, 0.1) is 10.1 Å². The van der Waals surface area contributed by atoms with Crippen LogP contribution in [-0.4, -0.2) is 20.8 Å². The average molecular weight is 271 g/mol. The van der Waals surface area contributed by atoms with Crippen molar-refractivity contribution in [3.8, 4) is 0 Å². The van der Waals surface area contributed by atoms with Gasteiger partial charge in [0.05, 0.1) is 4.92 Å². The highest BCUT2D eigenvalue weighted by atomic mass is 32.1. The lowest BCUT2D eigenvalue weighted by molar-refractivity contribution is -0.380. The van der Waals surface area contributed by atoms with Crippen LogP contribution < -0.4 is 11.1 Å². The Morgan fingerprint density at radius 2 is 2.35 bits per heavy atom. The number of nitro groups is 1. The third kappa shape index (κ3) is 2.54. The highest BCUT2D eigenvalue weighted by Gasteiger charge is 2.15. The summed E-state index contributed by atoms with van der Waals surface area (Å²) < 4.78 is 0. The highest BCUT2D eigenvalue weighted by Crippen LogP contribution is 2.25. The van der Waals surface area contributed by atoms with E-state index in [1.165, 1.54) is 5.38 Å². The van der Waals surface area contributed by atoms with E-state index in [0.717, 1.165) is 28.9 Å². The standard InChI is InChI=1S/C7H5N5O3S2/c8-6-10-3(2-16-6)5(13)11-7-9-1-4(17-7)12(14)15/h1-2H,(H2,8,10)(H,9,11,13). The predicted octanol–water partition coefficient (Wildman–Crippen LogP) is 1.34. The van der Waals surface area contributed by atoms with Crippen molar-refractivity contribution in [3.63, 3.8) is 0 Å². The molecule has 8 nitrogen and oxygen atoms in total. The minimum atomic E-state index is -0.575. The number of amides is 1. The number of thiazole rings is 2. The first-order chi connectivity index (χ1) is 8.06. The molecule has 88 valence electrons. The molecule has 2 rings (SSSR count). The molecule has 0 unspecified atom stereocenters. The number of nitrogens with two attached hydrogens (primary N) is 1. The molecule has 0 atom stereocenters. The van der Waals surface area contributed by atoms with Gasteiger partial charge in [-0.1, -0.05) is 0 Å². The Kier molecular flexibility index (Phi) is 2.97. The zero-order chi connectivity index (χ0) is 12.4. The number of nitrogens with one attached hydrogen (secondary N) is 1. The maximum absolute atomic E-state index is 11.6. The van der Waals surface area contributed by atoms with E-state index in [1.807, 2.05) is 0 Å².